The van der Waals surface area contributed by atoms with Crippen LogP contribution in [0.5, 0.6) is 5.75 Å². The number of benzene rings is 1. The Bertz CT molecular complexity index is 450. The van der Waals surface area contributed by atoms with Gasteiger partial charge in [-0.3, -0.25) is 15.0 Å². The van der Waals surface area contributed by atoms with Crippen molar-refractivity contribution in [1.29, 1.82) is 0 Å². The summed E-state index contributed by atoms with van der Waals surface area (Å²) in [4.78, 5) is 12.4. The molecule has 19 heavy (non-hydrogen) atoms. The zero-order valence-corrected chi connectivity index (χ0v) is 10.5. The Morgan fingerprint density at radius 3 is 2.47 bits per heavy atom. The zero-order valence-electron chi connectivity index (χ0n) is 10.5. The molecule has 0 radical (unpaired) electrons. The van der Waals surface area contributed by atoms with Gasteiger partial charge >= 0.3 is 0 Å². The Labute approximate surface area is 111 Å². The maximum absolute atomic E-state index is 10.5. The van der Waals surface area contributed by atoms with Crippen LogP contribution in [0.2, 0.25) is 0 Å². The van der Waals surface area contributed by atoms with Gasteiger partial charge in [-0.25, -0.2) is 0 Å². The molecule has 2 bridgehead atoms. The largest absolute Gasteiger partial charge is 0.478 e. The van der Waals surface area contributed by atoms with E-state index in [1.807, 2.05) is 0 Å². The molecule has 2 unspecified atom stereocenters. The predicted molar refractivity (Wildman–Crippen MR) is 68.1 cm³/mol. The number of non-ortho nitro benzene ring substituents is 1. The van der Waals surface area contributed by atoms with Gasteiger partial charge in [0.25, 0.3) is 5.69 Å². The van der Waals surface area contributed by atoms with E-state index in [2.05, 4.69) is 4.90 Å². The monoisotopic (exact) mass is 264 g/mol. The Morgan fingerprint density at radius 1 is 1.26 bits per heavy atom. The van der Waals surface area contributed by atoms with Gasteiger partial charge in [-0.2, -0.15) is 0 Å². The van der Waals surface area contributed by atoms with Crippen LogP contribution in [0.15, 0.2) is 24.3 Å². The van der Waals surface area contributed by atoms with E-state index in [1.54, 1.807) is 12.1 Å². The van der Waals surface area contributed by atoms with Crippen molar-refractivity contribution in [2.75, 3.05) is 19.8 Å². The Balaban J connectivity index is 1.53. The van der Waals surface area contributed by atoms with Crippen molar-refractivity contribution in [2.45, 2.75) is 25.0 Å². The van der Waals surface area contributed by atoms with Crippen molar-refractivity contribution in [3.05, 3.63) is 34.4 Å². The minimum Gasteiger partial charge on any atom is -0.478 e. The first kappa shape index (κ1) is 12.4. The number of morpholine rings is 1. The van der Waals surface area contributed by atoms with E-state index >= 15 is 0 Å². The molecule has 0 N–H and O–H groups in total. The van der Waals surface area contributed by atoms with Crippen LogP contribution < -0.4 is 4.74 Å². The first-order valence-corrected chi connectivity index (χ1v) is 6.46. The van der Waals surface area contributed by atoms with Crippen LogP contribution in [0, 0.1) is 10.1 Å². The molecule has 3 rings (SSSR count). The molecule has 0 saturated carbocycles. The fourth-order valence-electron chi connectivity index (χ4n) is 2.63. The lowest BCUT2D eigenvalue weighted by Crippen LogP contribution is -2.44. The Hall–Kier alpha value is -1.66. The molecule has 6 nitrogen and oxygen atoms in total. The van der Waals surface area contributed by atoms with Gasteiger partial charge in [-0.1, -0.05) is 0 Å². The summed E-state index contributed by atoms with van der Waals surface area (Å²) in [7, 11) is 0. The van der Waals surface area contributed by atoms with Gasteiger partial charge in [0, 0.05) is 25.2 Å². The van der Waals surface area contributed by atoms with Crippen molar-refractivity contribution in [1.82, 2.24) is 4.90 Å². The van der Waals surface area contributed by atoms with E-state index in [0.717, 1.165) is 25.9 Å². The maximum atomic E-state index is 10.5. The average Bonchev–Trinajstić information content (AvgIpc) is 2.76. The number of likely N-dealkylation sites (tertiary alicyclic amines) is 1. The minimum absolute atomic E-state index is 0.0803. The van der Waals surface area contributed by atoms with Crippen LogP contribution in [0.4, 0.5) is 5.69 Å². The molecule has 2 fully saturated rings. The third-order valence-corrected chi connectivity index (χ3v) is 3.58. The number of rotatable bonds is 4. The lowest BCUT2D eigenvalue weighted by molar-refractivity contribution is -0.384. The molecule has 2 saturated heterocycles. The molecular formula is C13H16N2O4. The average molecular weight is 264 g/mol. The summed E-state index contributed by atoms with van der Waals surface area (Å²) in [6.45, 7) is 2.32. The first-order chi connectivity index (χ1) is 9.20. The smallest absolute Gasteiger partial charge is 0.269 e. The maximum Gasteiger partial charge on any atom is 0.269 e. The zero-order chi connectivity index (χ0) is 13.2. The number of fused-ring (bicyclic) bond motifs is 2. The predicted octanol–water partition coefficient (Wildman–Crippen LogP) is 1.79. The second kappa shape index (κ2) is 5.14. The third-order valence-electron chi connectivity index (χ3n) is 3.58. The van der Waals surface area contributed by atoms with Gasteiger partial charge in [0.1, 0.15) is 12.5 Å². The second-order valence-electron chi connectivity index (χ2n) is 5.02. The molecule has 102 valence electrons. The molecule has 6 heteroatoms. The normalized spacial score (nSPS) is 26.3. The van der Waals surface area contributed by atoms with Crippen molar-refractivity contribution < 1.29 is 14.4 Å². The molecule has 2 atom stereocenters. The van der Waals surface area contributed by atoms with Gasteiger partial charge in [0.2, 0.25) is 0 Å². The number of ether oxygens (including phenoxy) is 2. The molecule has 1 aromatic rings. The summed E-state index contributed by atoms with van der Waals surface area (Å²) in [6, 6.07) is 6.18. The Morgan fingerprint density at radius 2 is 1.89 bits per heavy atom. The fourth-order valence-corrected chi connectivity index (χ4v) is 2.63. The summed E-state index contributed by atoms with van der Waals surface area (Å²) >= 11 is 0. The van der Waals surface area contributed by atoms with Crippen LogP contribution in [0.25, 0.3) is 0 Å². The molecule has 0 aliphatic carbocycles. The SMILES string of the molecule is O=[N+]([O-])c1ccc(OCN2CC3CCC(C2)O3)cc1. The van der Waals surface area contributed by atoms with E-state index in [0.29, 0.717) is 24.7 Å². The van der Waals surface area contributed by atoms with Gasteiger partial charge in [-0.05, 0) is 25.0 Å². The highest BCUT2D eigenvalue weighted by Gasteiger charge is 2.33. The summed E-state index contributed by atoms with van der Waals surface area (Å²) in [6.07, 6.45) is 2.97. The number of nitro benzene ring substituents is 1. The van der Waals surface area contributed by atoms with Crippen LogP contribution in [0.1, 0.15) is 12.8 Å². The number of nitro groups is 1. The van der Waals surface area contributed by atoms with E-state index in [-0.39, 0.29) is 5.69 Å². The molecule has 2 heterocycles. The van der Waals surface area contributed by atoms with Crippen molar-refractivity contribution >= 4 is 5.69 Å². The van der Waals surface area contributed by atoms with Crippen LogP contribution in [-0.4, -0.2) is 41.9 Å². The third kappa shape index (κ3) is 2.85. The highest BCUT2D eigenvalue weighted by atomic mass is 16.6. The van der Waals surface area contributed by atoms with Crippen LogP contribution in [0.3, 0.4) is 0 Å². The highest BCUT2D eigenvalue weighted by Crippen LogP contribution is 2.26. The summed E-state index contributed by atoms with van der Waals surface area (Å²) in [5.74, 6) is 0.657. The molecule has 0 spiro atoms. The van der Waals surface area contributed by atoms with E-state index in [4.69, 9.17) is 9.47 Å². The van der Waals surface area contributed by atoms with Gasteiger partial charge < -0.3 is 9.47 Å². The van der Waals surface area contributed by atoms with Crippen molar-refractivity contribution in [3.63, 3.8) is 0 Å². The summed E-state index contributed by atoms with van der Waals surface area (Å²) in [5, 5.41) is 10.5. The number of nitrogens with zero attached hydrogens (tertiary/aromatic N) is 2. The molecule has 0 aromatic heterocycles. The van der Waals surface area contributed by atoms with E-state index < -0.39 is 4.92 Å². The topological polar surface area (TPSA) is 64.8 Å². The van der Waals surface area contributed by atoms with Crippen LogP contribution >= 0.6 is 0 Å². The fraction of sp³-hybridized carbons (Fsp3) is 0.538. The molecular weight excluding hydrogens is 248 g/mol. The quantitative estimate of drug-likeness (QED) is 0.612. The molecule has 2 aliphatic heterocycles. The number of hydrogen-bond acceptors (Lipinski definition) is 5. The molecule has 0 amide bonds. The van der Waals surface area contributed by atoms with E-state index in [1.165, 1.54) is 12.1 Å². The first-order valence-electron chi connectivity index (χ1n) is 6.46. The van der Waals surface area contributed by atoms with Gasteiger partial charge in [0.15, 0.2) is 0 Å². The summed E-state index contributed by atoms with van der Waals surface area (Å²) in [5.41, 5.74) is 0.0803. The van der Waals surface area contributed by atoms with Crippen molar-refractivity contribution in [3.8, 4) is 5.75 Å². The lowest BCUT2D eigenvalue weighted by atomic mass is 10.2. The minimum atomic E-state index is -0.413. The summed E-state index contributed by atoms with van der Waals surface area (Å²) < 4.78 is 11.4. The molecule has 1 aromatic carbocycles. The number of hydrogen-bond donors (Lipinski definition) is 0. The lowest BCUT2D eigenvalue weighted by Gasteiger charge is -2.31. The Kier molecular flexibility index (Phi) is 3.35. The van der Waals surface area contributed by atoms with Gasteiger partial charge in [-0.15, -0.1) is 0 Å². The molecule has 2 aliphatic rings. The standard InChI is InChI=1S/C13H16N2O4/c16-15(17)10-1-3-11(4-2-10)18-9-14-7-12-5-6-13(8-14)19-12/h1-4,12-13H,5-9H2. The van der Waals surface area contributed by atoms with Crippen molar-refractivity contribution in [2.24, 2.45) is 0 Å². The van der Waals surface area contributed by atoms with Gasteiger partial charge in [0.05, 0.1) is 17.1 Å². The second-order valence-corrected chi connectivity index (χ2v) is 5.02. The van der Waals surface area contributed by atoms with E-state index in [9.17, 15) is 10.1 Å². The highest BCUT2D eigenvalue weighted by molar-refractivity contribution is 5.35. The van der Waals surface area contributed by atoms with Crippen LogP contribution in [-0.2, 0) is 4.74 Å².